The maximum atomic E-state index is 13.6. The van der Waals surface area contributed by atoms with E-state index < -0.39 is 10.8 Å². The first kappa shape index (κ1) is 29.9. The summed E-state index contributed by atoms with van der Waals surface area (Å²) in [4.78, 5) is 41.6. The third kappa shape index (κ3) is 8.16. The summed E-state index contributed by atoms with van der Waals surface area (Å²) in [7, 11) is 4.62. The van der Waals surface area contributed by atoms with Gasteiger partial charge in [0.25, 0.3) is 11.6 Å². The number of benzene rings is 2. The third-order valence-corrected chi connectivity index (χ3v) is 7.15. The van der Waals surface area contributed by atoms with Crippen molar-refractivity contribution in [3.63, 3.8) is 0 Å². The molecule has 0 spiro atoms. The molecule has 1 heterocycles. The molecule has 0 radical (unpaired) electrons. The van der Waals surface area contributed by atoms with Crippen LogP contribution in [0.2, 0.25) is 5.02 Å². The molecule has 0 bridgehead atoms. The highest BCUT2D eigenvalue weighted by Gasteiger charge is 2.25. The highest BCUT2D eigenvalue weighted by molar-refractivity contribution is 7.09. The number of nitro benzene ring substituents is 1. The Morgan fingerprint density at radius 3 is 2.41 bits per heavy atom. The molecule has 12 heteroatoms. The number of hydrogen-bond acceptors (Lipinski definition) is 8. The molecule has 3 rings (SSSR count). The zero-order valence-corrected chi connectivity index (χ0v) is 23.5. The zero-order valence-electron chi connectivity index (χ0n) is 21.9. The van der Waals surface area contributed by atoms with Gasteiger partial charge in [-0.2, -0.15) is 0 Å². The normalized spacial score (nSPS) is 10.7. The molecule has 208 valence electrons. The fourth-order valence-electron chi connectivity index (χ4n) is 3.87. The van der Waals surface area contributed by atoms with Crippen LogP contribution in [0.15, 0.2) is 53.9 Å². The number of halogens is 1. The molecule has 3 aromatic rings. The molecule has 0 atom stereocenters. The Hall–Kier alpha value is -3.67. The van der Waals surface area contributed by atoms with Crippen LogP contribution in [0.1, 0.15) is 20.8 Å². The van der Waals surface area contributed by atoms with Gasteiger partial charge in [0, 0.05) is 36.7 Å². The number of nitrogens with zero attached hydrogens (tertiary/aromatic N) is 3. The van der Waals surface area contributed by atoms with E-state index in [9.17, 15) is 19.7 Å². The van der Waals surface area contributed by atoms with Crippen molar-refractivity contribution in [2.45, 2.75) is 13.0 Å². The van der Waals surface area contributed by atoms with E-state index in [1.54, 1.807) is 19.1 Å². The highest BCUT2D eigenvalue weighted by Crippen LogP contribution is 2.28. The summed E-state index contributed by atoms with van der Waals surface area (Å²) in [5.41, 5.74) is 0.636. The lowest BCUT2D eigenvalue weighted by atomic mass is 10.1. The molecule has 0 aliphatic carbocycles. The lowest BCUT2D eigenvalue weighted by molar-refractivity contribution is -0.384. The van der Waals surface area contributed by atoms with E-state index in [-0.39, 0.29) is 41.9 Å². The van der Waals surface area contributed by atoms with Crippen LogP contribution in [-0.4, -0.2) is 74.1 Å². The van der Waals surface area contributed by atoms with Crippen molar-refractivity contribution in [1.82, 2.24) is 9.80 Å². The van der Waals surface area contributed by atoms with Crippen LogP contribution in [0.3, 0.4) is 0 Å². The third-order valence-electron chi connectivity index (χ3n) is 5.97. The predicted molar refractivity (Wildman–Crippen MR) is 149 cm³/mol. The summed E-state index contributed by atoms with van der Waals surface area (Å²) in [6.45, 7) is 0.856. The Kier molecular flexibility index (Phi) is 11.1. The minimum Gasteiger partial charge on any atom is -0.493 e. The number of carbonyl (C=O) groups excluding carboxylic acids is 2. The fourth-order valence-corrected chi connectivity index (χ4v) is 4.77. The van der Waals surface area contributed by atoms with E-state index in [0.29, 0.717) is 31.0 Å². The number of hydrogen-bond donors (Lipinski definition) is 0. The number of nitro groups is 1. The van der Waals surface area contributed by atoms with Crippen LogP contribution in [0, 0.1) is 10.1 Å². The highest BCUT2D eigenvalue weighted by atomic mass is 35.5. The standard InChI is InChI=1S/C27H30ClN3O7S/c1-36-13-12-30(27(33)20-7-8-22(28)23(16-20)31(34)35)18-26(32)29(17-21-5-4-14-39-21)11-10-19-6-9-24(37-2)25(15-19)38-3/h4-9,14-16H,10-13,17-18H2,1-3H3. The monoisotopic (exact) mass is 575 g/mol. The van der Waals surface area contributed by atoms with Crippen LogP contribution in [0.5, 0.6) is 11.5 Å². The smallest absolute Gasteiger partial charge is 0.288 e. The van der Waals surface area contributed by atoms with Crippen LogP contribution >= 0.6 is 22.9 Å². The topological polar surface area (TPSA) is 111 Å². The molecule has 0 fully saturated rings. The molecule has 0 aliphatic rings. The van der Waals surface area contributed by atoms with E-state index >= 15 is 0 Å². The fraction of sp³-hybridized carbons (Fsp3) is 0.333. The molecule has 0 saturated heterocycles. The average molecular weight is 576 g/mol. The van der Waals surface area contributed by atoms with Crippen molar-refractivity contribution in [1.29, 1.82) is 0 Å². The Bertz CT molecular complexity index is 1290. The van der Waals surface area contributed by atoms with E-state index in [0.717, 1.165) is 16.5 Å². The van der Waals surface area contributed by atoms with Gasteiger partial charge in [0.15, 0.2) is 11.5 Å². The van der Waals surface area contributed by atoms with Gasteiger partial charge in [-0.25, -0.2) is 0 Å². The average Bonchev–Trinajstić information content (AvgIpc) is 3.45. The molecule has 10 nitrogen and oxygen atoms in total. The number of rotatable bonds is 14. The lowest BCUT2D eigenvalue weighted by Gasteiger charge is -2.27. The first-order chi connectivity index (χ1) is 18.8. The molecule has 0 unspecified atom stereocenters. The molecular weight excluding hydrogens is 546 g/mol. The Morgan fingerprint density at radius 2 is 1.77 bits per heavy atom. The van der Waals surface area contributed by atoms with Crippen LogP contribution in [0.4, 0.5) is 5.69 Å². The minimum atomic E-state index is -0.652. The van der Waals surface area contributed by atoms with Crippen LogP contribution < -0.4 is 9.47 Å². The summed E-state index contributed by atoms with van der Waals surface area (Å²) in [5.74, 6) is 0.412. The van der Waals surface area contributed by atoms with Crippen molar-refractivity contribution in [2.75, 3.05) is 47.6 Å². The molecule has 39 heavy (non-hydrogen) atoms. The summed E-state index contributed by atoms with van der Waals surface area (Å²) >= 11 is 7.45. The quantitative estimate of drug-likeness (QED) is 0.202. The largest absolute Gasteiger partial charge is 0.493 e. The van der Waals surface area contributed by atoms with Gasteiger partial charge in [0.1, 0.15) is 11.6 Å². The molecule has 0 N–H and O–H groups in total. The molecule has 0 saturated carbocycles. The number of carbonyl (C=O) groups is 2. The van der Waals surface area contributed by atoms with Gasteiger partial charge in [-0.15, -0.1) is 11.3 Å². The van der Waals surface area contributed by atoms with Crippen LogP contribution in [0.25, 0.3) is 0 Å². The second-order valence-corrected chi connectivity index (χ2v) is 9.92. The lowest BCUT2D eigenvalue weighted by Crippen LogP contribution is -2.44. The maximum Gasteiger partial charge on any atom is 0.288 e. The van der Waals surface area contributed by atoms with Gasteiger partial charge < -0.3 is 24.0 Å². The molecule has 0 aliphatic heterocycles. The van der Waals surface area contributed by atoms with Crippen molar-refractivity contribution in [3.05, 3.63) is 85.1 Å². The Labute approximate surface area is 235 Å². The minimum absolute atomic E-state index is 0.0603. The first-order valence-corrected chi connectivity index (χ1v) is 13.3. The van der Waals surface area contributed by atoms with Crippen molar-refractivity contribution < 1.29 is 28.7 Å². The molecule has 1 aromatic heterocycles. The summed E-state index contributed by atoms with van der Waals surface area (Å²) in [6.07, 6.45) is 0.548. The summed E-state index contributed by atoms with van der Waals surface area (Å²) < 4.78 is 15.8. The van der Waals surface area contributed by atoms with Crippen molar-refractivity contribution in [3.8, 4) is 11.5 Å². The number of methoxy groups -OCH3 is 3. The molecular formula is C27H30ClN3O7S. The number of thiophene rings is 1. The summed E-state index contributed by atoms with van der Waals surface area (Å²) in [5, 5.41) is 13.2. The summed E-state index contributed by atoms with van der Waals surface area (Å²) in [6, 6.07) is 13.3. The maximum absolute atomic E-state index is 13.6. The second-order valence-electron chi connectivity index (χ2n) is 8.48. The predicted octanol–water partition coefficient (Wildman–Crippen LogP) is 4.69. The van der Waals surface area contributed by atoms with Crippen molar-refractivity contribution in [2.24, 2.45) is 0 Å². The SMILES string of the molecule is COCCN(CC(=O)N(CCc1ccc(OC)c(OC)c1)Cc1cccs1)C(=O)c1ccc(Cl)c([N+](=O)[O-])c1. The van der Waals surface area contributed by atoms with Gasteiger partial charge in [0.2, 0.25) is 5.91 Å². The van der Waals surface area contributed by atoms with Gasteiger partial charge in [-0.1, -0.05) is 23.7 Å². The van der Waals surface area contributed by atoms with Gasteiger partial charge in [-0.3, -0.25) is 19.7 Å². The number of ether oxygens (including phenoxy) is 3. The molecule has 2 amide bonds. The van der Waals surface area contributed by atoms with Crippen molar-refractivity contribution >= 4 is 40.4 Å². The zero-order chi connectivity index (χ0) is 28.4. The van der Waals surface area contributed by atoms with E-state index in [4.69, 9.17) is 25.8 Å². The van der Waals surface area contributed by atoms with E-state index in [1.807, 2.05) is 35.7 Å². The first-order valence-electron chi connectivity index (χ1n) is 12.0. The second kappa shape index (κ2) is 14.5. The van der Waals surface area contributed by atoms with E-state index in [2.05, 4.69) is 0 Å². The van der Waals surface area contributed by atoms with Gasteiger partial charge >= 0.3 is 0 Å². The Balaban J connectivity index is 1.81. The number of amides is 2. The van der Waals surface area contributed by atoms with E-state index in [1.165, 1.54) is 35.5 Å². The molecule has 2 aromatic carbocycles. The Morgan fingerprint density at radius 1 is 1.00 bits per heavy atom. The van der Waals surface area contributed by atoms with Crippen LogP contribution in [-0.2, 0) is 22.5 Å². The van der Waals surface area contributed by atoms with Gasteiger partial charge in [0.05, 0.1) is 32.3 Å². The van der Waals surface area contributed by atoms with Gasteiger partial charge in [-0.05, 0) is 47.7 Å².